The molecule has 4 nitrogen and oxygen atoms in total. The zero-order chi connectivity index (χ0) is 25.8. The highest BCUT2D eigenvalue weighted by Gasteiger charge is 2.39. The van der Waals surface area contributed by atoms with Crippen LogP contribution in [0.15, 0.2) is 53.0 Å². The molecule has 1 aliphatic heterocycles. The molecule has 0 aliphatic carbocycles. The average molecular weight is 561 g/mol. The SMILES string of the molecule is CCCCCCCCC(=O)OC1(c2ccc(Br)cc2)CCN(CCCC(=O)c2ccc(F)cc2)CC1. The molecule has 0 unspecified atom stereocenters. The molecule has 1 fully saturated rings. The van der Waals surface area contributed by atoms with Crippen molar-refractivity contribution in [1.82, 2.24) is 4.90 Å². The van der Waals surface area contributed by atoms with Gasteiger partial charge in [-0.25, -0.2) is 4.39 Å². The first-order chi connectivity index (χ1) is 17.4. The smallest absolute Gasteiger partial charge is 0.306 e. The van der Waals surface area contributed by atoms with Gasteiger partial charge >= 0.3 is 5.97 Å². The number of hydrogen-bond acceptors (Lipinski definition) is 4. The molecule has 1 aliphatic rings. The van der Waals surface area contributed by atoms with Crippen molar-refractivity contribution in [1.29, 1.82) is 0 Å². The zero-order valence-electron chi connectivity index (χ0n) is 21.4. The summed E-state index contributed by atoms with van der Waals surface area (Å²) >= 11 is 3.51. The van der Waals surface area contributed by atoms with E-state index >= 15 is 0 Å². The lowest BCUT2D eigenvalue weighted by molar-refractivity contribution is -0.167. The lowest BCUT2D eigenvalue weighted by Crippen LogP contribution is -2.45. The van der Waals surface area contributed by atoms with Crippen molar-refractivity contribution >= 4 is 27.7 Å². The molecule has 0 saturated carbocycles. The van der Waals surface area contributed by atoms with E-state index in [9.17, 15) is 14.0 Å². The predicted octanol–water partition coefficient (Wildman–Crippen LogP) is 7.84. The van der Waals surface area contributed by atoms with Gasteiger partial charge in [0.25, 0.3) is 0 Å². The fourth-order valence-corrected chi connectivity index (χ4v) is 5.17. The number of ether oxygens (including phenoxy) is 1. The van der Waals surface area contributed by atoms with E-state index in [0.29, 0.717) is 18.4 Å². The summed E-state index contributed by atoms with van der Waals surface area (Å²) in [5.74, 6) is -0.395. The summed E-state index contributed by atoms with van der Waals surface area (Å²) in [6, 6.07) is 13.9. The number of nitrogens with zero attached hydrogens (tertiary/aromatic N) is 1. The topological polar surface area (TPSA) is 46.6 Å². The molecule has 1 saturated heterocycles. The molecule has 0 aromatic heterocycles. The van der Waals surface area contributed by atoms with Crippen LogP contribution in [0.4, 0.5) is 4.39 Å². The number of Topliss-reactive ketones (excluding diaryl/α,β-unsaturated/α-hetero) is 1. The van der Waals surface area contributed by atoms with E-state index in [1.54, 1.807) is 12.1 Å². The highest BCUT2D eigenvalue weighted by molar-refractivity contribution is 9.10. The number of halogens is 2. The number of likely N-dealkylation sites (tertiary alicyclic amines) is 1. The van der Waals surface area contributed by atoms with Crippen LogP contribution in [0.25, 0.3) is 0 Å². The lowest BCUT2D eigenvalue weighted by atomic mass is 9.84. The maximum atomic E-state index is 13.1. The number of unbranched alkanes of at least 4 members (excludes halogenated alkanes) is 5. The first-order valence-corrected chi connectivity index (χ1v) is 14.2. The third-order valence-electron chi connectivity index (χ3n) is 7.12. The maximum absolute atomic E-state index is 13.1. The Bertz CT molecular complexity index is 953. The Balaban J connectivity index is 1.51. The van der Waals surface area contributed by atoms with Crippen LogP contribution in [-0.4, -0.2) is 36.3 Å². The van der Waals surface area contributed by atoms with Gasteiger partial charge in [0.15, 0.2) is 5.78 Å². The number of benzene rings is 2. The quantitative estimate of drug-likeness (QED) is 0.134. The van der Waals surface area contributed by atoms with Gasteiger partial charge in [-0.3, -0.25) is 9.59 Å². The average Bonchev–Trinajstić information content (AvgIpc) is 2.88. The monoisotopic (exact) mass is 559 g/mol. The van der Waals surface area contributed by atoms with Crippen molar-refractivity contribution in [3.05, 3.63) is 69.9 Å². The Morgan fingerprint density at radius 2 is 1.53 bits per heavy atom. The van der Waals surface area contributed by atoms with Crippen molar-refractivity contribution in [3.63, 3.8) is 0 Å². The molecular weight excluding hydrogens is 521 g/mol. The van der Waals surface area contributed by atoms with Crippen LogP contribution < -0.4 is 0 Å². The number of piperidine rings is 1. The Kier molecular flexibility index (Phi) is 11.6. The fraction of sp³-hybridized carbons (Fsp3) is 0.533. The van der Waals surface area contributed by atoms with Gasteiger partial charge in [0.05, 0.1) is 0 Å². The van der Waals surface area contributed by atoms with Gasteiger partial charge in [0.1, 0.15) is 11.4 Å². The molecule has 196 valence electrons. The van der Waals surface area contributed by atoms with Crippen LogP contribution in [-0.2, 0) is 15.1 Å². The van der Waals surface area contributed by atoms with E-state index < -0.39 is 5.60 Å². The summed E-state index contributed by atoms with van der Waals surface area (Å²) in [6.07, 6.45) is 9.99. The molecule has 0 amide bonds. The van der Waals surface area contributed by atoms with Crippen LogP contribution in [0.5, 0.6) is 0 Å². The minimum absolute atomic E-state index is 0.0415. The van der Waals surface area contributed by atoms with Crippen molar-refractivity contribution in [3.8, 4) is 0 Å². The van der Waals surface area contributed by atoms with Gasteiger partial charge in [-0.1, -0.05) is 67.1 Å². The van der Waals surface area contributed by atoms with Crippen molar-refractivity contribution in [2.45, 2.75) is 83.2 Å². The minimum atomic E-state index is -0.597. The van der Waals surface area contributed by atoms with E-state index in [4.69, 9.17) is 4.74 Å². The molecular formula is C30H39BrFNO3. The molecule has 0 N–H and O–H groups in total. The lowest BCUT2D eigenvalue weighted by Gasteiger charge is -2.41. The summed E-state index contributed by atoms with van der Waals surface area (Å²) in [4.78, 5) is 27.6. The molecule has 6 heteroatoms. The highest BCUT2D eigenvalue weighted by Crippen LogP contribution is 2.38. The van der Waals surface area contributed by atoms with Crippen LogP contribution in [0.2, 0.25) is 0 Å². The van der Waals surface area contributed by atoms with E-state index in [1.165, 1.54) is 37.8 Å². The summed E-state index contributed by atoms with van der Waals surface area (Å²) in [5.41, 5.74) is 1.01. The van der Waals surface area contributed by atoms with E-state index in [1.807, 2.05) is 12.1 Å². The van der Waals surface area contributed by atoms with Crippen molar-refractivity contribution < 1.29 is 18.7 Å². The third kappa shape index (κ3) is 8.81. The van der Waals surface area contributed by atoms with E-state index in [2.05, 4.69) is 39.9 Å². The Morgan fingerprint density at radius 3 is 2.19 bits per heavy atom. The van der Waals surface area contributed by atoms with Gasteiger partial charge in [-0.2, -0.15) is 0 Å². The summed E-state index contributed by atoms with van der Waals surface area (Å²) in [5, 5.41) is 0. The van der Waals surface area contributed by atoms with Gasteiger partial charge < -0.3 is 9.64 Å². The second-order valence-corrected chi connectivity index (χ2v) is 10.8. The fourth-order valence-electron chi connectivity index (χ4n) is 4.90. The largest absolute Gasteiger partial charge is 0.454 e. The molecule has 0 atom stereocenters. The maximum Gasteiger partial charge on any atom is 0.306 e. The predicted molar refractivity (Wildman–Crippen MR) is 146 cm³/mol. The van der Waals surface area contributed by atoms with E-state index in [0.717, 1.165) is 61.8 Å². The Morgan fingerprint density at radius 1 is 0.889 bits per heavy atom. The van der Waals surface area contributed by atoms with Crippen molar-refractivity contribution in [2.75, 3.05) is 19.6 Å². The Labute approximate surface area is 223 Å². The van der Waals surface area contributed by atoms with Crippen LogP contribution in [0, 0.1) is 5.82 Å². The number of hydrogen-bond donors (Lipinski definition) is 0. The molecule has 1 heterocycles. The van der Waals surface area contributed by atoms with Crippen molar-refractivity contribution in [2.24, 2.45) is 0 Å². The van der Waals surface area contributed by atoms with Crippen LogP contribution in [0.3, 0.4) is 0 Å². The highest BCUT2D eigenvalue weighted by atomic mass is 79.9. The van der Waals surface area contributed by atoms with Crippen LogP contribution >= 0.6 is 15.9 Å². The Hall–Kier alpha value is -2.05. The summed E-state index contributed by atoms with van der Waals surface area (Å²) in [7, 11) is 0. The second-order valence-electron chi connectivity index (χ2n) is 9.87. The number of carbonyl (C=O) groups excluding carboxylic acids is 2. The summed E-state index contributed by atoms with van der Waals surface area (Å²) in [6.45, 7) is 4.64. The molecule has 36 heavy (non-hydrogen) atoms. The number of rotatable bonds is 14. The number of esters is 1. The molecule has 0 radical (unpaired) electrons. The molecule has 2 aromatic rings. The first kappa shape index (κ1) is 28.5. The van der Waals surface area contributed by atoms with Gasteiger partial charge in [0, 0.05) is 48.8 Å². The normalized spacial score (nSPS) is 15.5. The molecule has 0 bridgehead atoms. The second kappa shape index (κ2) is 14.6. The third-order valence-corrected chi connectivity index (χ3v) is 7.65. The van der Waals surface area contributed by atoms with E-state index in [-0.39, 0.29) is 17.6 Å². The molecule has 2 aromatic carbocycles. The van der Waals surface area contributed by atoms with Gasteiger partial charge in [0.2, 0.25) is 0 Å². The van der Waals surface area contributed by atoms with Crippen LogP contribution in [0.1, 0.15) is 93.5 Å². The first-order valence-electron chi connectivity index (χ1n) is 13.4. The number of ketones is 1. The molecule has 3 rings (SSSR count). The summed E-state index contributed by atoms with van der Waals surface area (Å²) < 4.78 is 20.3. The van der Waals surface area contributed by atoms with Gasteiger partial charge in [-0.15, -0.1) is 0 Å². The zero-order valence-corrected chi connectivity index (χ0v) is 23.0. The standard InChI is InChI=1S/C30H39BrFNO3/c1-2-3-4-5-6-7-10-29(35)36-30(25-13-15-26(31)16-14-25)19-22-33(23-20-30)21-8-9-28(34)24-11-17-27(32)18-12-24/h11-18H,2-10,19-23H2,1H3. The van der Waals surface area contributed by atoms with Gasteiger partial charge in [-0.05, 0) is 61.3 Å². The number of carbonyl (C=O) groups is 2. The minimum Gasteiger partial charge on any atom is -0.454 e. The molecule has 0 spiro atoms.